The summed E-state index contributed by atoms with van der Waals surface area (Å²) in [5.41, 5.74) is -0.885. The Bertz CT molecular complexity index is 847. The van der Waals surface area contributed by atoms with E-state index >= 15 is 0 Å². The minimum atomic E-state index is -3.63. The number of likely N-dealkylation sites (tertiary alicyclic amines) is 1. The average molecular weight is 456 g/mol. The van der Waals surface area contributed by atoms with Crippen molar-refractivity contribution in [1.82, 2.24) is 4.90 Å². The fourth-order valence-electron chi connectivity index (χ4n) is 4.15. The van der Waals surface area contributed by atoms with Gasteiger partial charge in [0.05, 0.1) is 19.0 Å². The quantitative estimate of drug-likeness (QED) is 0.602. The first-order chi connectivity index (χ1) is 14.1. The van der Waals surface area contributed by atoms with E-state index in [0.717, 1.165) is 18.2 Å². The molecule has 1 aliphatic rings. The molecule has 0 aliphatic carbocycles. The Kier molecular flexibility index (Phi) is 7.82. The zero-order valence-electron chi connectivity index (χ0n) is 19.6. The summed E-state index contributed by atoms with van der Waals surface area (Å²) >= 11 is 0. The van der Waals surface area contributed by atoms with Gasteiger partial charge in [-0.15, -0.1) is 0 Å². The van der Waals surface area contributed by atoms with Crippen LogP contribution in [-0.2, 0) is 25.5 Å². The largest absolute Gasteiger partial charge is 0.444 e. The van der Waals surface area contributed by atoms with Crippen LogP contribution in [0.1, 0.15) is 53.0 Å². The third-order valence-corrected chi connectivity index (χ3v) is 6.30. The number of aryl methyl sites for hydroxylation is 1. The number of aliphatic hydroxyl groups is 1. The van der Waals surface area contributed by atoms with Crippen LogP contribution in [0.25, 0.3) is 0 Å². The van der Waals surface area contributed by atoms with Gasteiger partial charge in [0.25, 0.3) is 10.1 Å². The van der Waals surface area contributed by atoms with E-state index in [1.807, 2.05) is 51.1 Å². The zero-order chi connectivity index (χ0) is 23.5. The van der Waals surface area contributed by atoms with Crippen LogP contribution in [-0.4, -0.2) is 62.2 Å². The normalized spacial score (nSPS) is 21.2. The highest BCUT2D eigenvalue weighted by atomic mass is 32.2. The van der Waals surface area contributed by atoms with Crippen molar-refractivity contribution in [3.63, 3.8) is 0 Å². The first-order valence-electron chi connectivity index (χ1n) is 10.7. The van der Waals surface area contributed by atoms with E-state index in [9.17, 15) is 18.3 Å². The molecule has 0 saturated carbocycles. The summed E-state index contributed by atoms with van der Waals surface area (Å²) in [6, 6.07) is 9.99. The van der Waals surface area contributed by atoms with Crippen molar-refractivity contribution in [2.75, 3.05) is 26.0 Å². The standard InChI is InChI=1S/C23H37NO6S/c1-21(2,3)30-20(26)24-15-14-23(16-24,13-12-18-10-8-7-9-11-18)19(25)22(4,5)17-29-31(6,27)28/h7-11,19,25H,12-17H2,1-6H3. The molecule has 31 heavy (non-hydrogen) atoms. The number of rotatable bonds is 8. The summed E-state index contributed by atoms with van der Waals surface area (Å²) in [6.45, 7) is 9.75. The number of hydrogen-bond acceptors (Lipinski definition) is 6. The van der Waals surface area contributed by atoms with E-state index in [1.54, 1.807) is 18.7 Å². The highest BCUT2D eigenvalue weighted by Crippen LogP contribution is 2.45. The molecular weight excluding hydrogens is 418 g/mol. The average Bonchev–Trinajstić information content (AvgIpc) is 3.09. The molecule has 1 amide bonds. The molecular formula is C23H37NO6S. The first-order valence-corrected chi connectivity index (χ1v) is 12.5. The lowest BCUT2D eigenvalue weighted by molar-refractivity contribution is -0.0735. The second-order valence-electron chi connectivity index (χ2n) is 10.4. The maximum atomic E-state index is 12.7. The Morgan fingerprint density at radius 1 is 1.19 bits per heavy atom. The highest BCUT2D eigenvalue weighted by molar-refractivity contribution is 7.85. The Balaban J connectivity index is 2.24. The molecule has 176 valence electrons. The number of ether oxygens (including phenoxy) is 1. The van der Waals surface area contributed by atoms with Crippen LogP contribution in [0.4, 0.5) is 4.79 Å². The lowest BCUT2D eigenvalue weighted by Gasteiger charge is -2.43. The summed E-state index contributed by atoms with van der Waals surface area (Å²) in [6.07, 6.45) is 1.72. The van der Waals surface area contributed by atoms with E-state index < -0.39 is 38.7 Å². The summed E-state index contributed by atoms with van der Waals surface area (Å²) in [5.74, 6) is 0. The molecule has 1 aromatic rings. The van der Waals surface area contributed by atoms with Gasteiger partial charge in [-0.25, -0.2) is 4.79 Å². The van der Waals surface area contributed by atoms with E-state index in [0.29, 0.717) is 25.9 Å². The number of benzene rings is 1. The second-order valence-corrected chi connectivity index (χ2v) is 12.0. The Morgan fingerprint density at radius 2 is 1.81 bits per heavy atom. The first kappa shape index (κ1) is 25.6. The van der Waals surface area contributed by atoms with Crippen LogP contribution < -0.4 is 0 Å². The Labute approximate surface area is 186 Å². The molecule has 1 fully saturated rings. The van der Waals surface area contributed by atoms with Crippen molar-refractivity contribution in [3.05, 3.63) is 35.9 Å². The summed E-state index contributed by atoms with van der Waals surface area (Å²) < 4.78 is 33.6. The van der Waals surface area contributed by atoms with Crippen LogP contribution >= 0.6 is 0 Å². The van der Waals surface area contributed by atoms with Gasteiger partial charge in [-0.3, -0.25) is 4.18 Å². The Morgan fingerprint density at radius 3 is 2.35 bits per heavy atom. The number of carbonyl (C=O) groups is 1. The Hall–Kier alpha value is -1.64. The van der Waals surface area contributed by atoms with Gasteiger partial charge >= 0.3 is 6.09 Å². The molecule has 1 aromatic carbocycles. The number of aliphatic hydroxyl groups excluding tert-OH is 1. The van der Waals surface area contributed by atoms with Crippen molar-refractivity contribution in [1.29, 1.82) is 0 Å². The molecule has 1 aliphatic heterocycles. The summed E-state index contributed by atoms with van der Waals surface area (Å²) in [5, 5.41) is 11.5. The fourth-order valence-corrected chi connectivity index (χ4v) is 4.66. The molecule has 0 spiro atoms. The van der Waals surface area contributed by atoms with Crippen LogP contribution in [0.5, 0.6) is 0 Å². The molecule has 1 heterocycles. The molecule has 2 atom stereocenters. The van der Waals surface area contributed by atoms with Gasteiger partial charge in [0.15, 0.2) is 0 Å². The monoisotopic (exact) mass is 455 g/mol. The number of nitrogens with zero attached hydrogens (tertiary/aromatic N) is 1. The van der Waals surface area contributed by atoms with Crippen LogP contribution in [0, 0.1) is 10.8 Å². The maximum absolute atomic E-state index is 12.7. The molecule has 1 saturated heterocycles. The van der Waals surface area contributed by atoms with E-state index in [-0.39, 0.29) is 6.61 Å². The van der Waals surface area contributed by atoms with Crippen molar-refractivity contribution in [2.45, 2.75) is 65.6 Å². The molecule has 8 heteroatoms. The second kappa shape index (κ2) is 9.46. The van der Waals surface area contributed by atoms with Crippen molar-refractivity contribution < 1.29 is 27.2 Å². The van der Waals surface area contributed by atoms with Crippen LogP contribution in [0.15, 0.2) is 30.3 Å². The molecule has 2 unspecified atom stereocenters. The van der Waals surface area contributed by atoms with Gasteiger partial charge in [-0.2, -0.15) is 8.42 Å². The minimum Gasteiger partial charge on any atom is -0.444 e. The van der Waals surface area contributed by atoms with Gasteiger partial charge in [-0.1, -0.05) is 44.2 Å². The van der Waals surface area contributed by atoms with E-state index in [2.05, 4.69) is 0 Å². The molecule has 0 aromatic heterocycles. The maximum Gasteiger partial charge on any atom is 0.410 e. The lowest BCUT2D eigenvalue weighted by atomic mass is 9.67. The third kappa shape index (κ3) is 7.47. The zero-order valence-corrected chi connectivity index (χ0v) is 20.4. The lowest BCUT2D eigenvalue weighted by Crippen LogP contribution is -2.49. The van der Waals surface area contributed by atoms with Crippen LogP contribution in [0.2, 0.25) is 0 Å². The number of hydrogen-bond donors (Lipinski definition) is 1. The van der Waals surface area contributed by atoms with Gasteiger partial charge in [0.1, 0.15) is 5.60 Å². The SMILES string of the molecule is CC(C)(C)OC(=O)N1CCC(CCc2ccccc2)(C(O)C(C)(C)COS(C)(=O)=O)C1. The molecule has 0 radical (unpaired) electrons. The highest BCUT2D eigenvalue weighted by Gasteiger charge is 2.51. The summed E-state index contributed by atoms with van der Waals surface area (Å²) in [7, 11) is -3.63. The number of carbonyl (C=O) groups excluding carboxylic acids is 1. The predicted molar refractivity (Wildman–Crippen MR) is 120 cm³/mol. The molecule has 0 bridgehead atoms. The van der Waals surface area contributed by atoms with E-state index in [4.69, 9.17) is 8.92 Å². The van der Waals surface area contributed by atoms with Gasteiger partial charge in [0, 0.05) is 23.9 Å². The predicted octanol–water partition coefficient (Wildman–Crippen LogP) is 3.61. The number of amides is 1. The van der Waals surface area contributed by atoms with Crippen molar-refractivity contribution in [2.24, 2.45) is 10.8 Å². The molecule has 2 rings (SSSR count). The van der Waals surface area contributed by atoms with Gasteiger partial charge in [0.2, 0.25) is 0 Å². The van der Waals surface area contributed by atoms with Crippen LogP contribution in [0.3, 0.4) is 0 Å². The smallest absolute Gasteiger partial charge is 0.410 e. The molecule has 7 nitrogen and oxygen atoms in total. The van der Waals surface area contributed by atoms with Crippen molar-refractivity contribution >= 4 is 16.2 Å². The topological polar surface area (TPSA) is 93.1 Å². The summed E-state index contributed by atoms with van der Waals surface area (Å²) in [4.78, 5) is 14.3. The molecule has 1 N–H and O–H groups in total. The van der Waals surface area contributed by atoms with E-state index in [1.165, 1.54) is 0 Å². The minimum absolute atomic E-state index is 0.132. The van der Waals surface area contributed by atoms with Crippen molar-refractivity contribution in [3.8, 4) is 0 Å². The third-order valence-electron chi connectivity index (χ3n) is 5.76. The van der Waals surface area contributed by atoms with Gasteiger partial charge < -0.3 is 14.7 Å². The van der Waals surface area contributed by atoms with Gasteiger partial charge in [-0.05, 0) is 45.6 Å². The fraction of sp³-hybridized carbons (Fsp3) is 0.696.